The molecule has 0 aliphatic carbocycles. The van der Waals surface area contributed by atoms with Crippen molar-refractivity contribution in [3.8, 4) is 0 Å². The van der Waals surface area contributed by atoms with E-state index in [9.17, 15) is 0 Å². The molecule has 0 unspecified atom stereocenters. The molecule has 3 rings (SSSR count). The molecule has 0 radical (unpaired) electrons. The Morgan fingerprint density at radius 3 is 2.95 bits per heavy atom. The van der Waals surface area contributed by atoms with Gasteiger partial charge in [-0.2, -0.15) is 0 Å². The first-order valence-electron chi connectivity index (χ1n) is 5.57. The highest BCUT2D eigenvalue weighted by Gasteiger charge is 2.06. The van der Waals surface area contributed by atoms with Crippen molar-refractivity contribution >= 4 is 60.0 Å². The smallest absolute Gasteiger partial charge is 0.189 e. The fraction of sp³-hybridized carbons (Fsp3) is 0.0769. The average Bonchev–Trinajstić information content (AvgIpc) is 2.75. The van der Waals surface area contributed by atoms with Gasteiger partial charge in [-0.1, -0.05) is 22.9 Å². The van der Waals surface area contributed by atoms with Gasteiger partial charge in [0.25, 0.3) is 0 Å². The van der Waals surface area contributed by atoms with Gasteiger partial charge in [-0.25, -0.2) is 9.97 Å². The van der Waals surface area contributed by atoms with Crippen LogP contribution in [-0.2, 0) is 0 Å². The van der Waals surface area contributed by atoms with E-state index in [1.807, 2.05) is 31.2 Å². The van der Waals surface area contributed by atoms with Crippen LogP contribution >= 0.6 is 38.9 Å². The summed E-state index contributed by atoms with van der Waals surface area (Å²) in [4.78, 5) is 8.80. The van der Waals surface area contributed by atoms with Crippen LogP contribution in [0.25, 0.3) is 10.2 Å². The molecule has 0 saturated carbocycles. The fourth-order valence-corrected chi connectivity index (χ4v) is 3.03. The highest BCUT2D eigenvalue weighted by molar-refractivity contribution is 9.10. The molecule has 0 aliphatic heterocycles. The summed E-state index contributed by atoms with van der Waals surface area (Å²) in [6, 6.07) is 7.65. The molecule has 96 valence electrons. The van der Waals surface area contributed by atoms with Crippen LogP contribution < -0.4 is 5.32 Å². The summed E-state index contributed by atoms with van der Waals surface area (Å²) < 4.78 is 2.05. The number of pyridine rings is 1. The monoisotopic (exact) mass is 353 g/mol. The van der Waals surface area contributed by atoms with Crippen LogP contribution in [0.5, 0.6) is 0 Å². The van der Waals surface area contributed by atoms with Crippen LogP contribution in [0, 0.1) is 6.92 Å². The minimum Gasteiger partial charge on any atom is -0.316 e. The predicted molar refractivity (Wildman–Crippen MR) is 84.6 cm³/mol. The van der Waals surface area contributed by atoms with Gasteiger partial charge in [0.15, 0.2) is 5.13 Å². The largest absolute Gasteiger partial charge is 0.316 e. The highest BCUT2D eigenvalue weighted by atomic mass is 79.9. The number of anilines is 2. The lowest BCUT2D eigenvalue weighted by Crippen LogP contribution is -1.93. The predicted octanol–water partition coefficient (Wildman–Crippen LogP) is 5.16. The molecule has 0 aliphatic rings. The maximum absolute atomic E-state index is 5.97. The summed E-state index contributed by atoms with van der Waals surface area (Å²) >= 11 is 11.0. The van der Waals surface area contributed by atoms with E-state index in [2.05, 4.69) is 31.2 Å². The van der Waals surface area contributed by atoms with Crippen molar-refractivity contribution in [2.45, 2.75) is 6.92 Å². The standard InChI is InChI=1S/C13H9BrClN3S/c1-7-4-12(16-6-9(7)14)18-13-17-10-3-2-8(15)5-11(10)19-13/h2-6H,1H3,(H,16,17,18). The third-order valence-electron chi connectivity index (χ3n) is 2.63. The molecule has 0 atom stereocenters. The molecule has 2 heterocycles. The number of halogens is 2. The molecule has 0 spiro atoms. The molecular weight excluding hydrogens is 346 g/mol. The van der Waals surface area contributed by atoms with Crippen molar-refractivity contribution in [2.24, 2.45) is 0 Å². The third kappa shape index (κ3) is 2.73. The van der Waals surface area contributed by atoms with E-state index >= 15 is 0 Å². The zero-order valence-corrected chi connectivity index (χ0v) is 13.1. The van der Waals surface area contributed by atoms with Crippen molar-refractivity contribution in [2.75, 3.05) is 5.32 Å². The van der Waals surface area contributed by atoms with E-state index in [0.717, 1.165) is 36.2 Å². The van der Waals surface area contributed by atoms with Gasteiger partial charge in [0, 0.05) is 15.7 Å². The normalized spacial score (nSPS) is 10.9. The summed E-state index contributed by atoms with van der Waals surface area (Å²) in [7, 11) is 0. The van der Waals surface area contributed by atoms with E-state index in [-0.39, 0.29) is 0 Å². The molecule has 0 amide bonds. The van der Waals surface area contributed by atoms with Crippen LogP contribution in [0.3, 0.4) is 0 Å². The molecule has 0 saturated heterocycles. The maximum Gasteiger partial charge on any atom is 0.189 e. The van der Waals surface area contributed by atoms with Gasteiger partial charge >= 0.3 is 0 Å². The van der Waals surface area contributed by atoms with Gasteiger partial charge in [-0.3, -0.25) is 0 Å². The van der Waals surface area contributed by atoms with E-state index < -0.39 is 0 Å². The number of rotatable bonds is 2. The van der Waals surface area contributed by atoms with Gasteiger partial charge < -0.3 is 5.32 Å². The fourth-order valence-electron chi connectivity index (χ4n) is 1.67. The van der Waals surface area contributed by atoms with Crippen molar-refractivity contribution in [1.29, 1.82) is 0 Å². The Balaban J connectivity index is 1.94. The van der Waals surface area contributed by atoms with Gasteiger partial charge in [-0.05, 0) is 52.7 Å². The van der Waals surface area contributed by atoms with Gasteiger partial charge in [0.05, 0.1) is 10.2 Å². The Labute approximate surface area is 127 Å². The molecule has 19 heavy (non-hydrogen) atoms. The van der Waals surface area contributed by atoms with Crippen molar-refractivity contribution in [3.63, 3.8) is 0 Å². The summed E-state index contributed by atoms with van der Waals surface area (Å²) in [5.74, 6) is 0.783. The Morgan fingerprint density at radius 2 is 2.16 bits per heavy atom. The summed E-state index contributed by atoms with van der Waals surface area (Å²) in [6.45, 7) is 2.02. The lowest BCUT2D eigenvalue weighted by atomic mass is 10.3. The van der Waals surface area contributed by atoms with Crippen LogP contribution in [0.15, 0.2) is 34.9 Å². The Bertz CT molecular complexity index is 757. The van der Waals surface area contributed by atoms with Crippen molar-refractivity contribution in [3.05, 3.63) is 45.5 Å². The van der Waals surface area contributed by atoms with Crippen LogP contribution in [-0.4, -0.2) is 9.97 Å². The number of nitrogens with one attached hydrogen (secondary N) is 1. The first-order chi connectivity index (χ1) is 9.11. The second-order valence-electron chi connectivity index (χ2n) is 4.07. The van der Waals surface area contributed by atoms with Crippen LogP contribution in [0.1, 0.15) is 5.56 Å². The van der Waals surface area contributed by atoms with E-state index in [1.165, 1.54) is 0 Å². The molecule has 6 heteroatoms. The zero-order valence-electron chi connectivity index (χ0n) is 9.95. The summed E-state index contributed by atoms with van der Waals surface area (Å²) in [6.07, 6.45) is 1.78. The molecular formula is C13H9BrClN3S. The maximum atomic E-state index is 5.97. The topological polar surface area (TPSA) is 37.8 Å². The molecule has 0 fully saturated rings. The second-order valence-corrected chi connectivity index (χ2v) is 6.40. The quantitative estimate of drug-likeness (QED) is 0.691. The Hall–Kier alpha value is -1.17. The minimum absolute atomic E-state index is 0.723. The lowest BCUT2D eigenvalue weighted by Gasteiger charge is -2.03. The summed E-state index contributed by atoms with van der Waals surface area (Å²) in [5.41, 5.74) is 2.06. The highest BCUT2D eigenvalue weighted by Crippen LogP contribution is 2.30. The summed E-state index contributed by atoms with van der Waals surface area (Å²) in [5, 5.41) is 4.75. The van der Waals surface area contributed by atoms with Crippen molar-refractivity contribution < 1.29 is 0 Å². The molecule has 0 bridgehead atoms. The van der Waals surface area contributed by atoms with Gasteiger partial charge in [0.2, 0.25) is 0 Å². The first kappa shape index (κ1) is 12.8. The van der Waals surface area contributed by atoms with Crippen LogP contribution in [0.4, 0.5) is 10.9 Å². The number of benzene rings is 1. The molecule has 1 N–H and O–H groups in total. The van der Waals surface area contributed by atoms with Crippen LogP contribution in [0.2, 0.25) is 5.02 Å². The number of fused-ring (bicyclic) bond motifs is 1. The van der Waals surface area contributed by atoms with E-state index in [0.29, 0.717) is 0 Å². The number of aryl methyl sites for hydroxylation is 1. The molecule has 2 aromatic heterocycles. The average molecular weight is 355 g/mol. The second kappa shape index (κ2) is 5.07. The van der Waals surface area contributed by atoms with E-state index in [1.54, 1.807) is 17.5 Å². The Kier molecular flexibility index (Phi) is 3.43. The molecule has 3 nitrogen and oxygen atoms in total. The number of aromatic nitrogens is 2. The van der Waals surface area contributed by atoms with Gasteiger partial charge in [-0.15, -0.1) is 0 Å². The number of nitrogens with zero attached hydrogens (tertiary/aromatic N) is 2. The number of hydrogen-bond acceptors (Lipinski definition) is 4. The first-order valence-corrected chi connectivity index (χ1v) is 7.56. The SMILES string of the molecule is Cc1cc(Nc2nc3ccc(Cl)cc3s2)ncc1Br. The number of thiazole rings is 1. The number of hydrogen-bond donors (Lipinski definition) is 1. The third-order valence-corrected chi connectivity index (χ3v) is 4.63. The van der Waals surface area contributed by atoms with Gasteiger partial charge in [0.1, 0.15) is 5.82 Å². The minimum atomic E-state index is 0.723. The zero-order chi connectivity index (χ0) is 13.4. The van der Waals surface area contributed by atoms with E-state index in [4.69, 9.17) is 11.6 Å². The lowest BCUT2D eigenvalue weighted by molar-refractivity contribution is 1.25. The van der Waals surface area contributed by atoms with Crippen molar-refractivity contribution in [1.82, 2.24) is 9.97 Å². The molecule has 3 aromatic rings. The molecule has 1 aromatic carbocycles. The Morgan fingerprint density at radius 1 is 1.32 bits per heavy atom.